The lowest BCUT2D eigenvalue weighted by atomic mass is 10.2. The van der Waals surface area contributed by atoms with Crippen LogP contribution in [0.15, 0.2) is 24.3 Å². The summed E-state index contributed by atoms with van der Waals surface area (Å²) >= 11 is 0. The molecule has 12 heavy (non-hydrogen) atoms. The van der Waals surface area contributed by atoms with Crippen molar-refractivity contribution in [1.82, 2.24) is 4.90 Å². The van der Waals surface area contributed by atoms with Crippen molar-refractivity contribution in [1.29, 1.82) is 0 Å². The van der Waals surface area contributed by atoms with Gasteiger partial charge in [-0.05, 0) is 26.2 Å². The van der Waals surface area contributed by atoms with Crippen LogP contribution in [0.25, 0.3) is 0 Å². The van der Waals surface area contributed by atoms with E-state index in [1.165, 1.54) is 0 Å². The fraction of sp³-hybridized carbons (Fsp3) is 0.273. The minimum absolute atomic E-state index is 0.794. The summed E-state index contributed by atoms with van der Waals surface area (Å²) in [7, 11) is 4.01. The Hall–Kier alpha value is -1.26. The van der Waals surface area contributed by atoms with E-state index in [0.29, 0.717) is 0 Å². The van der Waals surface area contributed by atoms with Gasteiger partial charge in [-0.25, -0.2) is 0 Å². The molecule has 1 nitrogen and oxygen atoms in total. The van der Waals surface area contributed by atoms with Crippen LogP contribution in [0.3, 0.4) is 0 Å². The highest BCUT2D eigenvalue weighted by Crippen LogP contribution is 1.93. The molecule has 0 N–H and O–H groups in total. The molecule has 1 aromatic rings. The fourth-order valence-electron chi connectivity index (χ4n) is 0.764. The molecule has 1 rings (SSSR count). The van der Waals surface area contributed by atoms with Crippen molar-refractivity contribution in [3.8, 4) is 11.8 Å². The fourth-order valence-corrected chi connectivity index (χ4v) is 0.764. The summed E-state index contributed by atoms with van der Waals surface area (Å²) in [5.41, 5.74) is 0.958. The maximum atomic E-state index is 3.05. The Morgan fingerprint density at radius 3 is 2.83 bits per heavy atom. The van der Waals surface area contributed by atoms with Gasteiger partial charge >= 0.3 is 0 Å². The summed E-state index contributed by atoms with van der Waals surface area (Å²) in [4.78, 5) is 2.04. The molecule has 1 radical (unpaired) electrons. The summed E-state index contributed by atoms with van der Waals surface area (Å²) < 4.78 is 0. The van der Waals surface area contributed by atoms with Crippen LogP contribution in [0, 0.1) is 17.9 Å². The summed E-state index contributed by atoms with van der Waals surface area (Å²) in [6, 6.07) is 10.8. The van der Waals surface area contributed by atoms with Crippen LogP contribution in [-0.4, -0.2) is 25.5 Å². The number of hydrogen-bond donors (Lipinski definition) is 0. The maximum Gasteiger partial charge on any atom is 0.0600 e. The van der Waals surface area contributed by atoms with Crippen LogP contribution in [0.4, 0.5) is 0 Å². The first-order chi connectivity index (χ1) is 5.79. The zero-order chi connectivity index (χ0) is 8.81. The molecular weight excluding hydrogens is 146 g/mol. The predicted molar refractivity (Wildman–Crippen MR) is 50.7 cm³/mol. The Bertz CT molecular complexity index is 277. The lowest BCUT2D eigenvalue weighted by Gasteiger charge is -2.00. The Kier molecular flexibility index (Phi) is 3.37. The Balaban J connectivity index is 2.55. The molecule has 1 heteroatoms. The Morgan fingerprint density at radius 2 is 2.25 bits per heavy atom. The summed E-state index contributed by atoms with van der Waals surface area (Å²) in [6.07, 6.45) is 0. The van der Waals surface area contributed by atoms with Crippen molar-refractivity contribution < 1.29 is 0 Å². The molecule has 0 aliphatic rings. The zero-order valence-electron chi connectivity index (χ0n) is 7.46. The zero-order valence-corrected chi connectivity index (χ0v) is 7.46. The van der Waals surface area contributed by atoms with Crippen molar-refractivity contribution in [3.63, 3.8) is 0 Å². The highest BCUT2D eigenvalue weighted by Gasteiger charge is 1.83. The minimum atomic E-state index is 0.794. The molecule has 0 atom stereocenters. The molecule has 0 aliphatic heterocycles. The average molecular weight is 158 g/mol. The first kappa shape index (κ1) is 8.83. The normalized spacial score (nSPS) is 9.25. The van der Waals surface area contributed by atoms with Gasteiger partial charge in [0.25, 0.3) is 0 Å². The number of hydrogen-bond acceptors (Lipinski definition) is 1. The molecule has 0 fully saturated rings. The standard InChI is InChI=1S/C11H12N/c1-12(2)10-6-9-11-7-4-3-5-8-11/h3-5,7H,10H2,1-2H3. The van der Waals surface area contributed by atoms with E-state index in [2.05, 4.69) is 17.9 Å². The van der Waals surface area contributed by atoms with E-state index in [4.69, 9.17) is 0 Å². The molecule has 0 saturated carbocycles. The molecule has 0 amide bonds. The minimum Gasteiger partial charge on any atom is -0.299 e. The van der Waals surface area contributed by atoms with Crippen molar-refractivity contribution in [2.24, 2.45) is 0 Å². The van der Waals surface area contributed by atoms with Gasteiger partial charge in [0.15, 0.2) is 0 Å². The van der Waals surface area contributed by atoms with Gasteiger partial charge in [-0.1, -0.05) is 30.0 Å². The van der Waals surface area contributed by atoms with Crippen molar-refractivity contribution in [3.05, 3.63) is 35.9 Å². The molecular formula is C11H12N. The van der Waals surface area contributed by atoms with Crippen LogP contribution >= 0.6 is 0 Å². The lowest BCUT2D eigenvalue weighted by molar-refractivity contribution is 0.464. The van der Waals surface area contributed by atoms with Gasteiger partial charge in [-0.15, -0.1) is 0 Å². The number of benzene rings is 1. The van der Waals surface area contributed by atoms with Gasteiger partial charge in [-0.3, -0.25) is 4.90 Å². The second-order valence-corrected chi connectivity index (χ2v) is 2.82. The summed E-state index contributed by atoms with van der Waals surface area (Å²) in [6.45, 7) is 0.794. The van der Waals surface area contributed by atoms with E-state index in [-0.39, 0.29) is 0 Å². The lowest BCUT2D eigenvalue weighted by Crippen LogP contribution is -2.10. The Morgan fingerprint density at radius 1 is 1.42 bits per heavy atom. The second-order valence-electron chi connectivity index (χ2n) is 2.82. The topological polar surface area (TPSA) is 3.24 Å². The quantitative estimate of drug-likeness (QED) is 0.558. The van der Waals surface area contributed by atoms with Gasteiger partial charge in [0.1, 0.15) is 0 Å². The molecule has 1 aromatic carbocycles. The van der Waals surface area contributed by atoms with Crippen LogP contribution in [0.1, 0.15) is 5.56 Å². The van der Waals surface area contributed by atoms with Gasteiger partial charge in [0.05, 0.1) is 6.54 Å². The third kappa shape index (κ3) is 3.23. The molecule has 0 heterocycles. The largest absolute Gasteiger partial charge is 0.299 e. The van der Waals surface area contributed by atoms with Crippen LogP contribution in [0.2, 0.25) is 0 Å². The summed E-state index contributed by atoms with van der Waals surface area (Å²) in [5.74, 6) is 6.07. The van der Waals surface area contributed by atoms with E-state index in [9.17, 15) is 0 Å². The third-order valence-corrected chi connectivity index (χ3v) is 1.33. The van der Waals surface area contributed by atoms with E-state index in [0.717, 1.165) is 12.1 Å². The second kappa shape index (κ2) is 4.58. The smallest absolute Gasteiger partial charge is 0.0600 e. The van der Waals surface area contributed by atoms with E-state index < -0.39 is 0 Å². The van der Waals surface area contributed by atoms with Crippen LogP contribution < -0.4 is 0 Å². The van der Waals surface area contributed by atoms with Gasteiger partial charge in [0.2, 0.25) is 0 Å². The molecule has 0 saturated heterocycles. The first-order valence-electron chi connectivity index (χ1n) is 3.89. The van der Waals surface area contributed by atoms with Crippen molar-refractivity contribution in [2.45, 2.75) is 0 Å². The highest BCUT2D eigenvalue weighted by atomic mass is 15.0. The molecule has 0 bridgehead atoms. The number of rotatable bonds is 1. The number of nitrogens with zero attached hydrogens (tertiary/aromatic N) is 1. The van der Waals surface area contributed by atoms with E-state index in [1.54, 1.807) is 0 Å². The van der Waals surface area contributed by atoms with Gasteiger partial charge in [-0.2, -0.15) is 0 Å². The predicted octanol–water partition coefficient (Wildman–Crippen LogP) is 1.40. The molecule has 61 valence electrons. The van der Waals surface area contributed by atoms with Crippen molar-refractivity contribution in [2.75, 3.05) is 20.6 Å². The van der Waals surface area contributed by atoms with Crippen molar-refractivity contribution >= 4 is 0 Å². The SMILES string of the molecule is CN(C)CC#Cc1[c]cccc1. The molecule has 0 unspecified atom stereocenters. The molecule has 0 aliphatic carbocycles. The Labute approximate surface area is 74.0 Å². The highest BCUT2D eigenvalue weighted by molar-refractivity contribution is 5.32. The molecule has 0 aromatic heterocycles. The van der Waals surface area contributed by atoms with Gasteiger partial charge in [0, 0.05) is 5.56 Å². The van der Waals surface area contributed by atoms with Gasteiger partial charge < -0.3 is 0 Å². The van der Waals surface area contributed by atoms with E-state index >= 15 is 0 Å². The first-order valence-corrected chi connectivity index (χ1v) is 3.89. The van der Waals surface area contributed by atoms with E-state index in [1.807, 2.05) is 43.3 Å². The average Bonchev–Trinajstić information content (AvgIpc) is 2.05. The third-order valence-electron chi connectivity index (χ3n) is 1.33. The monoisotopic (exact) mass is 158 g/mol. The van der Waals surface area contributed by atoms with Crippen LogP contribution in [0.5, 0.6) is 0 Å². The summed E-state index contributed by atoms with van der Waals surface area (Å²) in [5, 5.41) is 0. The maximum absolute atomic E-state index is 3.05. The molecule has 0 spiro atoms. The van der Waals surface area contributed by atoms with Crippen LogP contribution in [-0.2, 0) is 0 Å².